The average molecular weight is 581 g/mol. The van der Waals surface area contributed by atoms with Crippen LogP contribution in [0.1, 0.15) is 182 Å². The van der Waals surface area contributed by atoms with Crippen molar-refractivity contribution in [2.45, 2.75) is 182 Å². The fraction of sp³-hybridized carbons (Fsp3) is 1.00. The van der Waals surface area contributed by atoms with Crippen molar-refractivity contribution in [1.29, 1.82) is 0 Å². The molecule has 0 aromatic heterocycles. The van der Waals surface area contributed by atoms with Gasteiger partial charge in [-0.3, -0.25) is 0 Å². The molecule has 0 aromatic carbocycles. The molecule has 1 N–H and O–H groups in total. The van der Waals surface area contributed by atoms with Crippen molar-refractivity contribution in [2.75, 3.05) is 24.6 Å². The van der Waals surface area contributed by atoms with Gasteiger partial charge < -0.3 is 0 Å². The van der Waals surface area contributed by atoms with Gasteiger partial charge in [-0.2, -0.15) is 0 Å². The van der Waals surface area contributed by atoms with Gasteiger partial charge in [-0.25, -0.2) is 0 Å². The zero-order valence-electron chi connectivity index (χ0n) is 26.3. The van der Waals surface area contributed by atoms with Gasteiger partial charge in [0.2, 0.25) is 0 Å². The second kappa shape index (κ2) is 24.0. The Morgan fingerprint density at radius 2 is 0.632 bits per heavy atom. The molecule has 0 saturated heterocycles. The summed E-state index contributed by atoms with van der Waals surface area (Å²) in [6, 6.07) is 0. The van der Waals surface area contributed by atoms with Crippen LogP contribution >= 0.6 is 6.83 Å². The van der Waals surface area contributed by atoms with E-state index in [1.54, 1.807) is 0 Å². The molecular formula is C32H69O4PS. The van der Waals surface area contributed by atoms with Crippen LogP contribution in [0.4, 0.5) is 0 Å². The van der Waals surface area contributed by atoms with Crippen molar-refractivity contribution in [3.8, 4) is 0 Å². The Labute approximate surface area is 240 Å². The van der Waals surface area contributed by atoms with E-state index in [9.17, 15) is 13.0 Å². The van der Waals surface area contributed by atoms with E-state index >= 15 is 0 Å². The summed E-state index contributed by atoms with van der Waals surface area (Å²) in [6.45, 7) is 5.88. The Bertz CT molecular complexity index is 547. The summed E-state index contributed by atoms with van der Waals surface area (Å²) in [5.41, 5.74) is 0. The van der Waals surface area contributed by atoms with Gasteiger partial charge in [0.05, 0.1) is 0 Å². The first-order valence-electron chi connectivity index (χ1n) is 17.0. The summed E-state index contributed by atoms with van der Waals surface area (Å²) in [7, 11) is -4.49. The molecule has 0 rings (SSSR count). The predicted molar refractivity (Wildman–Crippen MR) is 173 cm³/mol. The van der Waals surface area contributed by atoms with E-state index in [0.29, 0.717) is 0 Å². The predicted octanol–water partition coefficient (Wildman–Crippen LogP) is 11.7. The third-order valence-electron chi connectivity index (χ3n) is 8.61. The molecule has 4 nitrogen and oxygen atoms in total. The zero-order valence-corrected chi connectivity index (χ0v) is 28.0. The first-order chi connectivity index (χ1) is 18.3. The summed E-state index contributed by atoms with van der Waals surface area (Å²) in [6.07, 6.45) is 32.3. The normalized spacial score (nSPS) is 13.6. The monoisotopic (exact) mass is 580 g/mol. The number of hydrogen-bond donors (Lipinski definition) is 1. The molecule has 0 aliphatic rings. The van der Waals surface area contributed by atoms with Gasteiger partial charge in [-0.15, -0.1) is 0 Å². The van der Waals surface area contributed by atoms with Gasteiger partial charge in [0.1, 0.15) is 0 Å². The van der Waals surface area contributed by atoms with Gasteiger partial charge in [-0.05, 0) is 0 Å². The maximum absolute atomic E-state index is 12.5. The van der Waals surface area contributed by atoms with Crippen molar-refractivity contribution >= 4 is 17.2 Å². The summed E-state index contributed by atoms with van der Waals surface area (Å²) in [4.78, 5) is 0. The maximum atomic E-state index is 12.5. The molecule has 0 aromatic rings. The van der Waals surface area contributed by atoms with Crippen LogP contribution in [0, 0.1) is 0 Å². The molecular weight excluding hydrogens is 511 g/mol. The minimum absolute atomic E-state index is 0.885. The standard InChI is InChI=1S/C32H69O4PS/c1-5-9-13-17-21-25-29-37(36-38(33,34)35,30-26-22-18-14-10-6-2,31-27-23-19-15-11-7-3)32-28-24-20-16-12-8-4/h5-32H2,1-4H3,(H,33,34,35). The number of hydrogen-bond acceptors (Lipinski definition) is 3. The van der Waals surface area contributed by atoms with Crippen molar-refractivity contribution in [2.24, 2.45) is 0 Å². The molecule has 0 unspecified atom stereocenters. The Morgan fingerprint density at radius 1 is 0.421 bits per heavy atom. The summed E-state index contributed by atoms with van der Waals surface area (Å²) < 4.78 is 41.4. The van der Waals surface area contributed by atoms with Gasteiger partial charge in [-0.1, -0.05) is 0 Å². The second-order valence-corrected chi connectivity index (χ2v) is 19.3. The second-order valence-electron chi connectivity index (χ2n) is 12.3. The van der Waals surface area contributed by atoms with Crippen LogP contribution in [0.5, 0.6) is 0 Å². The quantitative estimate of drug-likeness (QED) is 0.0521. The molecule has 0 bridgehead atoms. The van der Waals surface area contributed by atoms with Crippen LogP contribution in [0.2, 0.25) is 0 Å². The van der Waals surface area contributed by atoms with Gasteiger partial charge in [0.15, 0.2) is 0 Å². The molecule has 0 heterocycles. The summed E-state index contributed by atoms with van der Waals surface area (Å²) >= 11 is 0. The molecule has 232 valence electrons. The number of rotatable bonds is 30. The van der Waals surface area contributed by atoms with Crippen LogP contribution in [-0.4, -0.2) is 37.6 Å². The molecule has 0 aliphatic heterocycles. The van der Waals surface area contributed by atoms with Crippen LogP contribution in [0.25, 0.3) is 0 Å². The Balaban J connectivity index is 5.77. The molecule has 0 amide bonds. The Hall–Kier alpha value is 0.300. The van der Waals surface area contributed by atoms with Crippen molar-refractivity contribution < 1.29 is 16.9 Å². The SMILES string of the molecule is CCCCCCCCP(CCCCCCCC)(CCCCCCCC)(CCCCCCCC)OS(=O)(=O)O. The van der Waals surface area contributed by atoms with E-state index in [4.69, 9.17) is 3.97 Å². The van der Waals surface area contributed by atoms with Crippen molar-refractivity contribution in [1.82, 2.24) is 0 Å². The fourth-order valence-corrected chi connectivity index (χ4v) is 15.0. The van der Waals surface area contributed by atoms with E-state index in [2.05, 4.69) is 27.7 Å². The van der Waals surface area contributed by atoms with Crippen LogP contribution in [-0.2, 0) is 14.4 Å². The average Bonchev–Trinajstić information content (AvgIpc) is 2.87. The molecule has 6 heteroatoms. The van der Waals surface area contributed by atoms with Crippen LogP contribution in [0.3, 0.4) is 0 Å². The first-order valence-corrected chi connectivity index (χ1v) is 21.2. The molecule has 38 heavy (non-hydrogen) atoms. The Morgan fingerprint density at radius 3 is 0.842 bits per heavy atom. The van der Waals surface area contributed by atoms with E-state index in [-0.39, 0.29) is 0 Å². The van der Waals surface area contributed by atoms with Crippen LogP contribution < -0.4 is 0 Å². The first kappa shape index (κ1) is 38.3. The Kier molecular flexibility index (Phi) is 24.1. The van der Waals surface area contributed by atoms with Gasteiger partial charge in [0, 0.05) is 0 Å². The van der Waals surface area contributed by atoms with Gasteiger partial charge in [0.25, 0.3) is 0 Å². The molecule has 0 fully saturated rings. The minimum atomic E-state index is -4.49. The third-order valence-corrected chi connectivity index (χ3v) is 16.8. The summed E-state index contributed by atoms with van der Waals surface area (Å²) in [5.74, 6) is 0. The topological polar surface area (TPSA) is 63.6 Å². The van der Waals surface area contributed by atoms with E-state index in [0.717, 1.165) is 76.0 Å². The van der Waals surface area contributed by atoms with E-state index in [1.165, 1.54) is 103 Å². The molecule has 0 radical (unpaired) electrons. The molecule has 0 spiro atoms. The third kappa shape index (κ3) is 20.2. The van der Waals surface area contributed by atoms with E-state index < -0.39 is 17.2 Å². The molecule has 0 atom stereocenters. The number of unbranched alkanes of at least 4 members (excludes halogenated alkanes) is 20. The van der Waals surface area contributed by atoms with Crippen LogP contribution in [0.15, 0.2) is 0 Å². The zero-order chi connectivity index (χ0) is 28.5. The fourth-order valence-electron chi connectivity index (χ4n) is 6.25. The van der Waals surface area contributed by atoms with Crippen molar-refractivity contribution in [3.05, 3.63) is 0 Å². The molecule has 0 aliphatic carbocycles. The summed E-state index contributed by atoms with van der Waals surface area (Å²) in [5, 5.41) is 0. The van der Waals surface area contributed by atoms with E-state index in [1.807, 2.05) is 0 Å². The van der Waals surface area contributed by atoms with Crippen molar-refractivity contribution in [3.63, 3.8) is 0 Å². The molecule has 0 saturated carbocycles. The van der Waals surface area contributed by atoms with Gasteiger partial charge >= 0.3 is 241 Å².